The smallest absolute Gasteiger partial charge is 0.333 e. The van der Waals surface area contributed by atoms with Gasteiger partial charge in [0, 0.05) is 18.1 Å². The van der Waals surface area contributed by atoms with Crippen LogP contribution in [0.4, 0.5) is 11.5 Å². The minimum absolute atomic E-state index is 0.0577. The first-order valence-electron chi connectivity index (χ1n) is 6.44. The van der Waals surface area contributed by atoms with Crippen LogP contribution < -0.4 is 5.32 Å². The van der Waals surface area contributed by atoms with E-state index in [1.54, 1.807) is 18.4 Å². The molecular weight excluding hydrogens is 278 g/mol. The molecule has 0 atom stereocenters. The Morgan fingerprint density at radius 3 is 2.75 bits per heavy atom. The molecule has 0 aliphatic carbocycles. The Bertz CT molecular complexity index is 619. The van der Waals surface area contributed by atoms with Crippen molar-refractivity contribution in [2.45, 2.75) is 33.2 Å². The molecule has 1 N–H and O–H groups in total. The quantitative estimate of drug-likeness (QED) is 0.653. The van der Waals surface area contributed by atoms with Crippen molar-refractivity contribution in [3.8, 4) is 0 Å². The van der Waals surface area contributed by atoms with E-state index in [9.17, 15) is 10.1 Å². The topological polar surface area (TPSA) is 85.9 Å². The highest BCUT2D eigenvalue weighted by Gasteiger charge is 2.25. The van der Waals surface area contributed by atoms with E-state index >= 15 is 0 Å². The number of aromatic nitrogens is 3. The molecule has 2 aromatic heterocycles. The lowest BCUT2D eigenvalue weighted by Crippen LogP contribution is -2.06. The van der Waals surface area contributed by atoms with E-state index in [0.29, 0.717) is 24.5 Å². The van der Waals surface area contributed by atoms with Crippen molar-refractivity contribution < 1.29 is 4.92 Å². The molecule has 2 heterocycles. The Morgan fingerprint density at radius 1 is 1.45 bits per heavy atom. The van der Waals surface area contributed by atoms with E-state index in [4.69, 9.17) is 0 Å². The molecule has 2 aromatic rings. The lowest BCUT2D eigenvalue weighted by molar-refractivity contribution is -0.384. The largest absolute Gasteiger partial charge is 0.358 e. The molecule has 0 aromatic carbocycles. The molecule has 7 nitrogen and oxygen atoms in total. The number of nitro groups is 1. The summed E-state index contributed by atoms with van der Waals surface area (Å²) < 4.78 is 1.52. The molecule has 0 fully saturated rings. The minimum atomic E-state index is -0.381. The Balaban J connectivity index is 2.20. The second-order valence-electron chi connectivity index (χ2n) is 4.31. The van der Waals surface area contributed by atoms with Crippen molar-refractivity contribution in [1.29, 1.82) is 0 Å². The number of hydrogen-bond acceptors (Lipinski definition) is 6. The normalized spacial score (nSPS) is 10.8. The molecule has 0 spiro atoms. The van der Waals surface area contributed by atoms with Gasteiger partial charge in [0.25, 0.3) is 0 Å². The minimum Gasteiger partial charge on any atom is -0.358 e. The molecular formula is C12H17N5O2S. The highest BCUT2D eigenvalue weighted by Crippen LogP contribution is 2.29. The van der Waals surface area contributed by atoms with Gasteiger partial charge >= 0.3 is 5.69 Å². The lowest BCUT2D eigenvalue weighted by atomic mass is 10.3. The van der Waals surface area contributed by atoms with Gasteiger partial charge in [-0.1, -0.05) is 13.8 Å². The van der Waals surface area contributed by atoms with Crippen LogP contribution in [0.15, 0.2) is 6.20 Å². The molecule has 0 bridgehead atoms. The molecule has 0 radical (unpaired) electrons. The molecule has 8 heteroatoms. The molecule has 0 unspecified atom stereocenters. The van der Waals surface area contributed by atoms with Gasteiger partial charge < -0.3 is 5.32 Å². The van der Waals surface area contributed by atoms with Gasteiger partial charge in [0.2, 0.25) is 5.82 Å². The summed E-state index contributed by atoms with van der Waals surface area (Å²) in [5.74, 6) is 0.431. The molecule has 0 aliphatic rings. The number of anilines is 1. The molecule has 0 saturated heterocycles. The fourth-order valence-electron chi connectivity index (χ4n) is 1.95. The fourth-order valence-corrected chi connectivity index (χ4v) is 2.75. The van der Waals surface area contributed by atoms with Crippen LogP contribution in [-0.4, -0.2) is 19.7 Å². The molecule has 0 saturated carbocycles. The van der Waals surface area contributed by atoms with Gasteiger partial charge in [0.05, 0.1) is 11.5 Å². The van der Waals surface area contributed by atoms with E-state index < -0.39 is 0 Å². The summed E-state index contributed by atoms with van der Waals surface area (Å²) in [4.78, 5) is 16.3. The highest BCUT2D eigenvalue weighted by molar-refractivity contribution is 7.11. The van der Waals surface area contributed by atoms with Crippen LogP contribution in [0.25, 0.3) is 0 Å². The van der Waals surface area contributed by atoms with Crippen molar-refractivity contribution in [1.82, 2.24) is 14.8 Å². The number of aryl methyl sites for hydroxylation is 3. The first-order chi connectivity index (χ1) is 9.56. The molecule has 20 heavy (non-hydrogen) atoms. The summed E-state index contributed by atoms with van der Waals surface area (Å²) in [6.45, 7) is 4.39. The Hall–Kier alpha value is -1.96. The van der Waals surface area contributed by atoms with E-state index in [1.165, 1.54) is 9.56 Å². The Labute approximate surface area is 120 Å². The third-order valence-corrected chi connectivity index (χ3v) is 4.11. The maximum atomic E-state index is 11.2. The van der Waals surface area contributed by atoms with E-state index in [-0.39, 0.29) is 10.6 Å². The molecule has 0 amide bonds. The molecule has 108 valence electrons. The lowest BCUT2D eigenvalue weighted by Gasteiger charge is -2.03. The van der Waals surface area contributed by atoms with Gasteiger partial charge in [-0.15, -0.1) is 11.3 Å². The van der Waals surface area contributed by atoms with Crippen molar-refractivity contribution >= 4 is 22.8 Å². The summed E-state index contributed by atoms with van der Waals surface area (Å²) in [6.07, 6.45) is 3.32. The third-order valence-electron chi connectivity index (χ3n) is 2.97. The number of thiazole rings is 1. The van der Waals surface area contributed by atoms with Gasteiger partial charge in [-0.05, 0) is 12.8 Å². The Kier molecular flexibility index (Phi) is 4.33. The third kappa shape index (κ3) is 2.79. The summed E-state index contributed by atoms with van der Waals surface area (Å²) in [5, 5.41) is 19.3. The highest BCUT2D eigenvalue weighted by atomic mass is 32.1. The predicted molar refractivity (Wildman–Crippen MR) is 78.1 cm³/mol. The van der Waals surface area contributed by atoms with Gasteiger partial charge in [-0.3, -0.25) is 10.1 Å². The summed E-state index contributed by atoms with van der Waals surface area (Å²) in [5.41, 5.74) is 0.552. The van der Waals surface area contributed by atoms with Crippen molar-refractivity contribution in [3.63, 3.8) is 0 Å². The van der Waals surface area contributed by atoms with Gasteiger partial charge in [0.15, 0.2) is 0 Å². The van der Waals surface area contributed by atoms with E-state index in [0.717, 1.165) is 11.4 Å². The van der Waals surface area contributed by atoms with Crippen molar-refractivity contribution in [2.24, 2.45) is 7.05 Å². The number of hydrogen-bond donors (Lipinski definition) is 1. The van der Waals surface area contributed by atoms with E-state index in [2.05, 4.69) is 22.3 Å². The van der Waals surface area contributed by atoms with Crippen LogP contribution >= 0.6 is 11.3 Å². The average Bonchev–Trinajstić information content (AvgIpc) is 3.00. The maximum Gasteiger partial charge on any atom is 0.333 e. The van der Waals surface area contributed by atoms with Gasteiger partial charge in [-0.2, -0.15) is 5.10 Å². The van der Waals surface area contributed by atoms with Crippen LogP contribution in [0.3, 0.4) is 0 Å². The first kappa shape index (κ1) is 14.4. The van der Waals surface area contributed by atoms with Crippen molar-refractivity contribution in [3.05, 3.63) is 31.9 Å². The fraction of sp³-hybridized carbons (Fsp3) is 0.500. The van der Waals surface area contributed by atoms with E-state index in [1.807, 2.05) is 13.1 Å². The number of nitrogens with zero attached hydrogens (tertiary/aromatic N) is 4. The van der Waals surface area contributed by atoms with Gasteiger partial charge in [-0.25, -0.2) is 9.67 Å². The van der Waals surface area contributed by atoms with Gasteiger partial charge in [0.1, 0.15) is 10.7 Å². The van der Waals surface area contributed by atoms with Crippen molar-refractivity contribution in [2.75, 3.05) is 5.32 Å². The van der Waals surface area contributed by atoms with Crippen LogP contribution in [-0.2, 0) is 26.4 Å². The second kappa shape index (κ2) is 6.00. The Morgan fingerprint density at radius 2 is 2.20 bits per heavy atom. The number of rotatable bonds is 6. The van der Waals surface area contributed by atoms with Crippen LogP contribution in [0.2, 0.25) is 0 Å². The zero-order valence-corrected chi connectivity index (χ0v) is 12.5. The number of nitrogens with one attached hydrogen (secondary N) is 1. The zero-order valence-electron chi connectivity index (χ0n) is 11.7. The van der Waals surface area contributed by atoms with Crippen LogP contribution in [0.1, 0.15) is 29.4 Å². The molecule has 0 aliphatic heterocycles. The molecule has 2 rings (SSSR count). The summed E-state index contributed by atoms with van der Waals surface area (Å²) in [6, 6.07) is 0. The summed E-state index contributed by atoms with van der Waals surface area (Å²) >= 11 is 1.61. The summed E-state index contributed by atoms with van der Waals surface area (Å²) in [7, 11) is 1.70. The second-order valence-corrected chi connectivity index (χ2v) is 5.51. The predicted octanol–water partition coefficient (Wildman–Crippen LogP) is 2.52. The zero-order chi connectivity index (χ0) is 14.7. The maximum absolute atomic E-state index is 11.2. The first-order valence-corrected chi connectivity index (χ1v) is 7.26. The standard InChI is InChI=1S/C12H17N5O2S/c1-4-8-6-13-10(20-8)7-14-12-11(17(18)19)9(5-2)15-16(12)3/h6,14H,4-5,7H2,1-3H3. The average molecular weight is 295 g/mol. The SMILES string of the molecule is CCc1cnc(CNc2c([N+](=O)[O-])c(CC)nn2C)s1. The van der Waals surface area contributed by atoms with Crippen LogP contribution in [0.5, 0.6) is 0 Å². The van der Waals surface area contributed by atoms with Crippen LogP contribution in [0, 0.1) is 10.1 Å². The monoisotopic (exact) mass is 295 g/mol.